The van der Waals surface area contributed by atoms with Gasteiger partial charge in [0.15, 0.2) is 0 Å². The Kier molecular flexibility index (Phi) is 4.97. The molecule has 0 N–H and O–H groups in total. The maximum absolute atomic E-state index is 11.3. The molecule has 0 saturated carbocycles. The van der Waals surface area contributed by atoms with Gasteiger partial charge in [0.25, 0.3) is 0 Å². The lowest BCUT2D eigenvalue weighted by molar-refractivity contribution is -0.163. The Bertz CT molecular complexity index is 209. The Morgan fingerprint density at radius 2 is 1.79 bits per heavy atom. The van der Waals surface area contributed by atoms with Gasteiger partial charge >= 0.3 is 12.1 Å². The first kappa shape index (κ1) is 12.7. The van der Waals surface area contributed by atoms with Crippen molar-refractivity contribution in [3.63, 3.8) is 0 Å². The molecule has 0 heterocycles. The fourth-order valence-electron chi connectivity index (χ4n) is 0.530. The number of methoxy groups -OCH3 is 1. The van der Waals surface area contributed by atoms with Crippen molar-refractivity contribution in [1.29, 1.82) is 0 Å². The first-order valence-electron chi connectivity index (χ1n) is 4.32. The Morgan fingerprint density at radius 3 is 2.21 bits per heavy atom. The van der Waals surface area contributed by atoms with Crippen molar-refractivity contribution < 1.29 is 23.8 Å². The van der Waals surface area contributed by atoms with Crippen LogP contribution in [0.4, 0.5) is 4.79 Å². The van der Waals surface area contributed by atoms with Crippen LogP contribution >= 0.6 is 0 Å². The van der Waals surface area contributed by atoms with E-state index in [-0.39, 0.29) is 0 Å². The molecular weight excluding hydrogens is 188 g/mol. The average Bonchev–Trinajstić information content (AvgIpc) is 2.17. The fraction of sp³-hybridized carbons (Fsp3) is 0.778. The van der Waals surface area contributed by atoms with E-state index in [1.54, 1.807) is 13.8 Å². The van der Waals surface area contributed by atoms with Crippen molar-refractivity contribution in [2.45, 2.75) is 27.2 Å². The van der Waals surface area contributed by atoms with Crippen LogP contribution in [0.1, 0.15) is 27.2 Å². The van der Waals surface area contributed by atoms with Crippen LogP contribution in [0.25, 0.3) is 0 Å². The first-order valence-corrected chi connectivity index (χ1v) is 4.32. The second-order valence-electron chi connectivity index (χ2n) is 3.39. The molecule has 0 bridgehead atoms. The lowest BCUT2D eigenvalue weighted by atomic mass is 9.91. The van der Waals surface area contributed by atoms with Crippen LogP contribution in [0.5, 0.6) is 0 Å². The molecule has 0 atom stereocenters. The summed E-state index contributed by atoms with van der Waals surface area (Å²) in [7, 11) is 1.18. The standard InChI is InChI=1S/C9H16O5/c1-5-9(2,3)7(10)13-6-14-8(11)12-4/h5-6H2,1-4H3. The van der Waals surface area contributed by atoms with E-state index >= 15 is 0 Å². The molecule has 0 spiro atoms. The van der Waals surface area contributed by atoms with Gasteiger partial charge in [0.2, 0.25) is 6.79 Å². The molecule has 14 heavy (non-hydrogen) atoms. The minimum Gasteiger partial charge on any atom is -0.438 e. The number of carbonyl (C=O) groups is 2. The Labute approximate surface area is 83.3 Å². The maximum Gasteiger partial charge on any atom is 0.510 e. The number of carbonyl (C=O) groups excluding carboxylic acids is 2. The molecule has 0 saturated heterocycles. The van der Waals surface area contributed by atoms with Gasteiger partial charge in [-0.05, 0) is 20.3 Å². The summed E-state index contributed by atoms with van der Waals surface area (Å²) in [5.74, 6) is -0.399. The highest BCUT2D eigenvalue weighted by Gasteiger charge is 2.27. The Hall–Kier alpha value is -1.26. The molecule has 0 aliphatic carbocycles. The smallest absolute Gasteiger partial charge is 0.438 e. The van der Waals surface area contributed by atoms with Crippen molar-refractivity contribution in [3.05, 3.63) is 0 Å². The molecule has 0 unspecified atom stereocenters. The van der Waals surface area contributed by atoms with E-state index in [1.165, 1.54) is 7.11 Å². The summed E-state index contributed by atoms with van der Waals surface area (Å²) in [6.45, 7) is 4.98. The summed E-state index contributed by atoms with van der Waals surface area (Å²) in [5.41, 5.74) is -0.556. The molecule has 5 nitrogen and oxygen atoms in total. The summed E-state index contributed by atoms with van der Waals surface area (Å²) >= 11 is 0. The van der Waals surface area contributed by atoms with E-state index in [9.17, 15) is 9.59 Å². The van der Waals surface area contributed by atoms with Gasteiger partial charge in [0, 0.05) is 0 Å². The lowest BCUT2D eigenvalue weighted by Gasteiger charge is -2.19. The van der Waals surface area contributed by atoms with Gasteiger partial charge in [-0.1, -0.05) is 6.92 Å². The van der Waals surface area contributed by atoms with Crippen molar-refractivity contribution in [3.8, 4) is 0 Å². The normalized spacial score (nSPS) is 10.6. The van der Waals surface area contributed by atoms with Crippen LogP contribution in [-0.2, 0) is 19.0 Å². The predicted molar refractivity (Wildman–Crippen MR) is 48.5 cm³/mol. The number of hydrogen-bond donors (Lipinski definition) is 0. The monoisotopic (exact) mass is 204 g/mol. The van der Waals surface area contributed by atoms with E-state index in [2.05, 4.69) is 9.47 Å². The SMILES string of the molecule is CCC(C)(C)C(=O)OCOC(=O)OC. The molecule has 5 heteroatoms. The van der Waals surface area contributed by atoms with Gasteiger partial charge in [-0.3, -0.25) is 4.79 Å². The molecule has 0 amide bonds. The second kappa shape index (κ2) is 5.47. The first-order chi connectivity index (χ1) is 6.44. The zero-order valence-corrected chi connectivity index (χ0v) is 8.96. The molecule has 0 rings (SSSR count). The second-order valence-corrected chi connectivity index (χ2v) is 3.39. The summed E-state index contributed by atoms with van der Waals surface area (Å²) in [5, 5.41) is 0. The molecule has 0 aromatic carbocycles. The number of hydrogen-bond acceptors (Lipinski definition) is 5. The van der Waals surface area contributed by atoms with E-state index in [4.69, 9.17) is 4.74 Å². The third-order valence-electron chi connectivity index (χ3n) is 1.97. The Balaban J connectivity index is 3.80. The molecule has 0 aliphatic heterocycles. The van der Waals surface area contributed by atoms with Crippen LogP contribution in [0, 0.1) is 5.41 Å². The maximum atomic E-state index is 11.3. The van der Waals surface area contributed by atoms with Gasteiger partial charge < -0.3 is 14.2 Å². The zero-order valence-electron chi connectivity index (χ0n) is 8.96. The molecule has 0 radical (unpaired) electrons. The van der Waals surface area contributed by atoms with Crippen molar-refractivity contribution in [2.75, 3.05) is 13.9 Å². The summed E-state index contributed by atoms with van der Waals surface area (Å²) in [6.07, 6.45) is -0.212. The predicted octanol–water partition coefficient (Wildman–Crippen LogP) is 1.71. The third-order valence-corrected chi connectivity index (χ3v) is 1.97. The lowest BCUT2D eigenvalue weighted by Crippen LogP contribution is -2.27. The number of ether oxygens (including phenoxy) is 3. The van der Waals surface area contributed by atoms with E-state index in [0.29, 0.717) is 6.42 Å². The van der Waals surface area contributed by atoms with E-state index < -0.39 is 24.3 Å². The topological polar surface area (TPSA) is 61.8 Å². The molecule has 82 valence electrons. The highest BCUT2D eigenvalue weighted by molar-refractivity contribution is 5.75. The van der Waals surface area contributed by atoms with Crippen LogP contribution in [-0.4, -0.2) is 26.0 Å². The molecule has 0 fully saturated rings. The highest BCUT2D eigenvalue weighted by atomic mass is 16.8. The molecule has 0 aromatic rings. The summed E-state index contributed by atoms with van der Waals surface area (Å²) < 4.78 is 13.3. The average molecular weight is 204 g/mol. The van der Waals surface area contributed by atoms with E-state index in [1.807, 2.05) is 6.92 Å². The quantitative estimate of drug-likeness (QED) is 0.515. The van der Waals surface area contributed by atoms with Crippen LogP contribution in [0.2, 0.25) is 0 Å². The van der Waals surface area contributed by atoms with Crippen molar-refractivity contribution in [2.24, 2.45) is 5.41 Å². The minimum atomic E-state index is -0.868. The molecular formula is C9H16O5. The van der Waals surface area contributed by atoms with Crippen LogP contribution < -0.4 is 0 Å². The largest absolute Gasteiger partial charge is 0.510 e. The van der Waals surface area contributed by atoms with Crippen molar-refractivity contribution >= 4 is 12.1 Å². The van der Waals surface area contributed by atoms with Gasteiger partial charge in [-0.25, -0.2) is 4.79 Å². The molecule has 0 aromatic heterocycles. The van der Waals surface area contributed by atoms with Gasteiger partial charge in [0.1, 0.15) is 0 Å². The zero-order chi connectivity index (χ0) is 11.2. The van der Waals surface area contributed by atoms with E-state index in [0.717, 1.165) is 0 Å². The van der Waals surface area contributed by atoms with Crippen molar-refractivity contribution in [1.82, 2.24) is 0 Å². The Morgan fingerprint density at radius 1 is 1.21 bits per heavy atom. The molecule has 0 aliphatic rings. The summed E-state index contributed by atoms with van der Waals surface area (Å²) in [6, 6.07) is 0. The highest BCUT2D eigenvalue weighted by Crippen LogP contribution is 2.21. The van der Waals surface area contributed by atoms with Gasteiger partial charge in [-0.15, -0.1) is 0 Å². The summed E-state index contributed by atoms with van der Waals surface area (Å²) in [4.78, 5) is 21.8. The number of esters is 1. The minimum absolute atomic E-state index is 0.399. The van der Waals surface area contributed by atoms with Gasteiger partial charge in [0.05, 0.1) is 12.5 Å². The van der Waals surface area contributed by atoms with Gasteiger partial charge in [-0.2, -0.15) is 0 Å². The van der Waals surface area contributed by atoms with Crippen LogP contribution in [0.15, 0.2) is 0 Å². The van der Waals surface area contributed by atoms with Crippen LogP contribution in [0.3, 0.4) is 0 Å². The third kappa shape index (κ3) is 4.11. The number of rotatable bonds is 4. The fourth-order valence-corrected chi connectivity index (χ4v) is 0.530.